The van der Waals surface area contributed by atoms with E-state index in [0.717, 1.165) is 28.9 Å². The smallest absolute Gasteiger partial charge is 0.351 e. The van der Waals surface area contributed by atoms with Gasteiger partial charge in [0, 0.05) is 29.5 Å². The highest BCUT2D eigenvalue weighted by Crippen LogP contribution is 2.36. The molecule has 1 fully saturated rings. The number of nitrogens with zero attached hydrogens (tertiary/aromatic N) is 2. The summed E-state index contributed by atoms with van der Waals surface area (Å²) >= 11 is 5.50. The molecule has 37 heavy (non-hydrogen) atoms. The van der Waals surface area contributed by atoms with E-state index in [4.69, 9.17) is 11.6 Å². The van der Waals surface area contributed by atoms with Crippen molar-refractivity contribution in [3.8, 4) is 0 Å². The van der Waals surface area contributed by atoms with Crippen LogP contribution >= 0.6 is 11.6 Å². The van der Waals surface area contributed by atoms with Crippen molar-refractivity contribution in [2.75, 3.05) is 4.90 Å². The molecule has 0 radical (unpaired) electrons. The Morgan fingerprint density at radius 3 is 2.14 bits per heavy atom. The summed E-state index contributed by atoms with van der Waals surface area (Å²) in [6, 6.07) is 5.57. The molecule has 0 unspecified atom stereocenters. The Morgan fingerprint density at radius 1 is 1.05 bits per heavy atom. The molecule has 0 aliphatic heterocycles. The predicted molar refractivity (Wildman–Crippen MR) is 125 cm³/mol. The van der Waals surface area contributed by atoms with Gasteiger partial charge in [-0.1, -0.05) is 29.3 Å². The van der Waals surface area contributed by atoms with Crippen molar-refractivity contribution < 1.29 is 36.3 Å². The number of anilines is 1. The topological polar surface area (TPSA) is 91.4 Å². The number of nitrogens with one attached hydrogen (secondary N) is 2. The van der Waals surface area contributed by atoms with Crippen LogP contribution in [0.2, 0.25) is 0 Å². The largest absolute Gasteiger partial charge is 0.471 e. The lowest BCUT2D eigenvalue weighted by atomic mass is 9.88. The third-order valence-corrected chi connectivity index (χ3v) is 6.40. The number of halogens is 6. The van der Waals surface area contributed by atoms with E-state index in [1.54, 1.807) is 19.1 Å². The number of pyridine rings is 1. The zero-order valence-corrected chi connectivity index (χ0v) is 20.5. The van der Waals surface area contributed by atoms with Gasteiger partial charge in [-0.05, 0) is 51.3 Å². The lowest BCUT2D eigenvalue weighted by Gasteiger charge is -2.41. The van der Waals surface area contributed by atoms with Crippen molar-refractivity contribution in [1.29, 1.82) is 0 Å². The minimum absolute atomic E-state index is 0.0231. The van der Waals surface area contributed by atoms with E-state index >= 15 is 0 Å². The van der Waals surface area contributed by atoms with Crippen molar-refractivity contribution in [3.63, 3.8) is 0 Å². The van der Waals surface area contributed by atoms with Crippen LogP contribution in [-0.2, 0) is 19.9 Å². The summed E-state index contributed by atoms with van der Waals surface area (Å²) in [4.78, 5) is 42.6. The van der Waals surface area contributed by atoms with Gasteiger partial charge in [-0.25, -0.2) is 8.78 Å². The lowest BCUT2D eigenvalue weighted by molar-refractivity contribution is -0.174. The Labute approximate surface area is 214 Å². The monoisotopic (exact) mass is 546 g/mol. The van der Waals surface area contributed by atoms with Crippen molar-refractivity contribution in [2.45, 2.75) is 62.5 Å². The van der Waals surface area contributed by atoms with Crippen molar-refractivity contribution in [1.82, 2.24) is 15.6 Å². The molecule has 2 N–H and O–H groups in total. The first kappa shape index (κ1) is 28.3. The van der Waals surface area contributed by atoms with Crippen molar-refractivity contribution in [3.05, 3.63) is 59.7 Å². The summed E-state index contributed by atoms with van der Waals surface area (Å²) in [7, 11) is 0. The Kier molecular flexibility index (Phi) is 8.41. The molecule has 1 saturated carbocycles. The second kappa shape index (κ2) is 11.0. The first-order valence-electron chi connectivity index (χ1n) is 11.2. The van der Waals surface area contributed by atoms with Crippen LogP contribution < -0.4 is 15.5 Å². The Hall–Kier alpha value is -3.28. The Bertz CT molecular complexity index is 1160. The molecule has 1 aliphatic rings. The summed E-state index contributed by atoms with van der Waals surface area (Å²) in [6.45, 7) is 3.03. The van der Waals surface area contributed by atoms with Gasteiger partial charge in [-0.15, -0.1) is 0 Å². The van der Waals surface area contributed by atoms with Gasteiger partial charge in [0.25, 0.3) is 17.4 Å². The predicted octanol–water partition coefficient (Wildman–Crippen LogP) is 4.03. The van der Waals surface area contributed by atoms with Gasteiger partial charge >= 0.3 is 12.1 Å². The molecular formula is C24H24ClF5N4O3. The average molecular weight is 547 g/mol. The summed E-state index contributed by atoms with van der Waals surface area (Å²) in [6.07, 6.45) is -2.69. The number of aryl methyl sites for hydroxylation is 1. The summed E-state index contributed by atoms with van der Waals surface area (Å²) in [5.41, 5.74) is -3.84. The molecule has 1 aromatic carbocycles. The summed E-state index contributed by atoms with van der Waals surface area (Å²) in [5.74, 6) is -5.09. The van der Waals surface area contributed by atoms with E-state index in [9.17, 15) is 36.3 Å². The van der Waals surface area contributed by atoms with E-state index < -0.39 is 53.0 Å². The minimum Gasteiger partial charge on any atom is -0.351 e. The van der Waals surface area contributed by atoms with Crippen LogP contribution in [-0.4, -0.2) is 46.6 Å². The van der Waals surface area contributed by atoms with E-state index in [1.807, 2.05) is 5.32 Å². The van der Waals surface area contributed by atoms with Gasteiger partial charge in [-0.3, -0.25) is 24.3 Å². The van der Waals surface area contributed by atoms with Crippen LogP contribution in [0.1, 0.15) is 37.3 Å². The van der Waals surface area contributed by atoms with Crippen LogP contribution in [0.5, 0.6) is 0 Å². The molecule has 7 nitrogen and oxygen atoms in total. The van der Waals surface area contributed by atoms with Gasteiger partial charge in [0.1, 0.15) is 5.82 Å². The van der Waals surface area contributed by atoms with Crippen LogP contribution in [0.4, 0.5) is 27.6 Å². The normalized spacial score (nSPS) is 20.0. The molecule has 1 heterocycles. The van der Waals surface area contributed by atoms with Crippen molar-refractivity contribution in [2.24, 2.45) is 0 Å². The minimum atomic E-state index is -5.05. The number of hydrogen-bond donors (Lipinski definition) is 2. The van der Waals surface area contributed by atoms with Crippen molar-refractivity contribution >= 4 is 35.0 Å². The van der Waals surface area contributed by atoms with Gasteiger partial charge in [-0.2, -0.15) is 13.2 Å². The molecule has 0 bridgehead atoms. The molecule has 2 aromatic rings. The molecule has 200 valence electrons. The van der Waals surface area contributed by atoms with E-state index in [2.05, 4.69) is 10.3 Å². The molecule has 0 spiro atoms. The number of aromatic nitrogens is 1. The standard InChI is InChI=1S/C24H24ClF5N4O3/c1-13-3-7-18(8-4-13)34(20(35)19(25)27)23(2,14-9-15(26)12-31-11-14)21(36)32-16-5-6-17(10-16)33-22(37)24(28,29)30/h3-4,7-9,11-12,16-17,19H,5-6,10H2,1-2H3,(H,32,36)(H,33,37)/t16-,17+,19+,23+/m1/s1. The highest BCUT2D eigenvalue weighted by atomic mass is 35.5. The van der Waals surface area contributed by atoms with Crippen LogP contribution in [0.15, 0.2) is 42.7 Å². The molecule has 4 atom stereocenters. The van der Waals surface area contributed by atoms with Gasteiger partial charge < -0.3 is 10.6 Å². The fourth-order valence-corrected chi connectivity index (χ4v) is 4.37. The summed E-state index contributed by atoms with van der Waals surface area (Å²) in [5, 5.41) is 4.53. The maximum absolute atomic E-state index is 14.2. The maximum Gasteiger partial charge on any atom is 0.471 e. The third-order valence-electron chi connectivity index (χ3n) is 6.22. The summed E-state index contributed by atoms with van der Waals surface area (Å²) < 4.78 is 66.2. The zero-order valence-electron chi connectivity index (χ0n) is 19.8. The van der Waals surface area contributed by atoms with Crippen LogP contribution in [0.25, 0.3) is 0 Å². The fraction of sp³-hybridized carbons (Fsp3) is 0.417. The zero-order chi connectivity index (χ0) is 27.5. The van der Waals surface area contributed by atoms with E-state index in [1.165, 1.54) is 19.1 Å². The maximum atomic E-state index is 14.2. The third kappa shape index (κ3) is 6.35. The number of hydrogen-bond acceptors (Lipinski definition) is 4. The van der Waals surface area contributed by atoms with E-state index in [0.29, 0.717) is 0 Å². The van der Waals surface area contributed by atoms with Gasteiger partial charge in [0.2, 0.25) is 0 Å². The average Bonchev–Trinajstić information content (AvgIpc) is 3.26. The highest BCUT2D eigenvalue weighted by Gasteiger charge is 2.48. The Morgan fingerprint density at radius 2 is 1.62 bits per heavy atom. The van der Waals surface area contributed by atoms with Crippen LogP contribution in [0.3, 0.4) is 0 Å². The Balaban J connectivity index is 1.98. The second-order valence-corrected chi connectivity index (χ2v) is 9.31. The number of rotatable bonds is 7. The number of alkyl halides is 5. The van der Waals surface area contributed by atoms with Crippen LogP contribution in [0, 0.1) is 12.7 Å². The molecule has 1 aliphatic carbocycles. The SMILES string of the molecule is Cc1ccc(N(C(=O)[C@H](F)Cl)[C@](C)(C(=O)N[C@@H]2CC[C@H](NC(=O)C(F)(F)F)C2)c2cncc(F)c2)cc1. The molecule has 3 rings (SSSR count). The van der Waals surface area contributed by atoms with Gasteiger partial charge in [0.15, 0.2) is 5.54 Å². The number of carbonyl (C=O) groups excluding carboxylic acids is 3. The fourth-order valence-electron chi connectivity index (χ4n) is 4.27. The first-order valence-corrected chi connectivity index (χ1v) is 11.7. The number of amides is 3. The number of benzene rings is 1. The first-order chi connectivity index (χ1) is 17.2. The molecule has 3 amide bonds. The molecular weight excluding hydrogens is 523 g/mol. The molecule has 0 saturated heterocycles. The van der Waals surface area contributed by atoms with E-state index in [-0.39, 0.29) is 30.5 Å². The van der Waals surface area contributed by atoms with Gasteiger partial charge in [0.05, 0.1) is 6.20 Å². The molecule has 13 heteroatoms. The second-order valence-electron chi connectivity index (χ2n) is 8.93. The quantitative estimate of drug-likeness (QED) is 0.405. The highest BCUT2D eigenvalue weighted by molar-refractivity contribution is 6.32. The lowest BCUT2D eigenvalue weighted by Crippen LogP contribution is -2.59. The number of carbonyl (C=O) groups is 3. The molecule has 1 aromatic heterocycles.